The largest absolute Gasteiger partial charge is 0.756 e. The summed E-state index contributed by atoms with van der Waals surface area (Å²) in [6.07, 6.45) is 82.4. The van der Waals surface area contributed by atoms with Gasteiger partial charge in [-0.1, -0.05) is 313 Å². The Balaban J connectivity index is 4.13. The highest BCUT2D eigenvalue weighted by Crippen LogP contribution is 2.38. The van der Waals surface area contributed by atoms with Gasteiger partial charge >= 0.3 is 0 Å². The van der Waals surface area contributed by atoms with Crippen LogP contribution in [0.3, 0.4) is 0 Å². The zero-order chi connectivity index (χ0) is 57.7. The van der Waals surface area contributed by atoms with Crippen molar-refractivity contribution in [2.24, 2.45) is 0 Å². The highest BCUT2D eigenvalue weighted by molar-refractivity contribution is 7.45. The molecule has 0 aliphatic heterocycles. The molecule has 79 heavy (non-hydrogen) atoms. The van der Waals surface area contributed by atoms with Crippen LogP contribution in [0.15, 0.2) is 48.6 Å². The molecular formula is C70H135N2O6P. The lowest BCUT2D eigenvalue weighted by molar-refractivity contribution is -0.870. The molecular weight excluding hydrogens is 996 g/mol. The van der Waals surface area contributed by atoms with E-state index in [4.69, 9.17) is 9.05 Å². The van der Waals surface area contributed by atoms with Crippen molar-refractivity contribution in [1.29, 1.82) is 0 Å². The first-order valence-electron chi connectivity index (χ1n) is 34.5. The van der Waals surface area contributed by atoms with E-state index >= 15 is 0 Å². The Labute approximate surface area is 492 Å². The van der Waals surface area contributed by atoms with Crippen LogP contribution in [0, 0.1) is 0 Å². The number of quaternary nitrogens is 1. The molecule has 0 aliphatic rings. The summed E-state index contributed by atoms with van der Waals surface area (Å²) in [5.74, 6) is -0.207. The quantitative estimate of drug-likeness (QED) is 0.0272. The van der Waals surface area contributed by atoms with Crippen LogP contribution < -0.4 is 10.2 Å². The lowest BCUT2D eigenvalue weighted by Gasteiger charge is -2.29. The lowest BCUT2D eigenvalue weighted by Crippen LogP contribution is -2.45. The van der Waals surface area contributed by atoms with Crippen molar-refractivity contribution >= 4 is 13.7 Å². The molecule has 0 rings (SSSR count). The number of likely N-dealkylation sites (N-methyl/N-ethyl adjacent to an activating group) is 1. The summed E-state index contributed by atoms with van der Waals surface area (Å²) in [5.41, 5.74) is 0. The Morgan fingerprint density at radius 2 is 0.709 bits per heavy atom. The first kappa shape index (κ1) is 77.5. The summed E-state index contributed by atoms with van der Waals surface area (Å²) in [6.45, 7) is 4.67. The van der Waals surface area contributed by atoms with E-state index in [-0.39, 0.29) is 12.5 Å². The molecule has 3 unspecified atom stereocenters. The zero-order valence-electron chi connectivity index (χ0n) is 53.3. The van der Waals surface area contributed by atoms with E-state index in [1.807, 2.05) is 27.2 Å². The van der Waals surface area contributed by atoms with Crippen LogP contribution in [0.1, 0.15) is 341 Å². The maximum Gasteiger partial charge on any atom is 0.268 e. The van der Waals surface area contributed by atoms with Gasteiger partial charge in [0.15, 0.2) is 0 Å². The Morgan fingerprint density at radius 1 is 0.430 bits per heavy atom. The molecule has 0 bridgehead atoms. The van der Waals surface area contributed by atoms with Crippen molar-refractivity contribution in [3.63, 3.8) is 0 Å². The van der Waals surface area contributed by atoms with Crippen LogP contribution in [0.2, 0.25) is 0 Å². The van der Waals surface area contributed by atoms with Gasteiger partial charge in [0.25, 0.3) is 7.82 Å². The minimum Gasteiger partial charge on any atom is -0.756 e. The number of aliphatic hydroxyl groups excluding tert-OH is 1. The third kappa shape index (κ3) is 63.9. The van der Waals surface area contributed by atoms with Gasteiger partial charge in [0.1, 0.15) is 13.2 Å². The SMILES string of the molecule is CCCCCCCCCC/C=C\CCCCCCCCCCCCCCCC(=O)NC(COP(=O)([O-])OCC[N+](C)(C)C)C(O)/C=C/CC/C=C/CC/C=C/CCCCCCCCCCCCCCCCCCCCCCCC. The number of nitrogens with zero attached hydrogens (tertiary/aromatic N) is 1. The monoisotopic (exact) mass is 1130 g/mol. The number of amides is 1. The van der Waals surface area contributed by atoms with Crippen molar-refractivity contribution in [3.05, 3.63) is 48.6 Å². The van der Waals surface area contributed by atoms with Gasteiger partial charge in [0.2, 0.25) is 5.91 Å². The van der Waals surface area contributed by atoms with Crippen molar-refractivity contribution in [2.75, 3.05) is 40.9 Å². The summed E-state index contributed by atoms with van der Waals surface area (Å²) >= 11 is 0. The second-order valence-electron chi connectivity index (χ2n) is 24.9. The van der Waals surface area contributed by atoms with Crippen LogP contribution in [0.25, 0.3) is 0 Å². The molecule has 3 atom stereocenters. The summed E-state index contributed by atoms with van der Waals surface area (Å²) in [4.78, 5) is 25.6. The number of carbonyl (C=O) groups excluding carboxylic acids is 1. The van der Waals surface area contributed by atoms with E-state index in [1.165, 1.54) is 276 Å². The molecule has 0 aromatic carbocycles. The van der Waals surface area contributed by atoms with Crippen molar-refractivity contribution in [2.45, 2.75) is 353 Å². The molecule has 0 aromatic heterocycles. The Morgan fingerprint density at radius 3 is 1.03 bits per heavy atom. The van der Waals surface area contributed by atoms with Gasteiger partial charge < -0.3 is 28.8 Å². The highest BCUT2D eigenvalue weighted by atomic mass is 31.2. The Bertz CT molecular complexity index is 1430. The summed E-state index contributed by atoms with van der Waals surface area (Å²) < 4.78 is 23.4. The topological polar surface area (TPSA) is 108 Å². The van der Waals surface area contributed by atoms with E-state index in [0.717, 1.165) is 44.9 Å². The van der Waals surface area contributed by atoms with E-state index in [9.17, 15) is 19.4 Å². The standard InChI is InChI=1S/C70H135N2O6P/c1-6-8-10-12-14-16-18-20-22-24-26-28-30-32-33-34-35-36-37-38-40-41-43-45-47-49-51-53-55-57-59-61-63-69(73)68(67-78-79(75,76)77-66-65-72(3,4)5)71-70(74)64-62-60-58-56-54-52-50-48-46-44-42-39-31-29-27-25-23-21-19-17-15-13-11-9-7-2/h25,27,45,47,53,55,61,63,68-69,73H,6-24,26,28-44,46,48-52,54,56-60,62,64-67H2,1-5H3,(H-,71,74,75,76)/b27-25-,47-45+,55-53+,63-61+. The number of hydrogen-bond acceptors (Lipinski definition) is 6. The fourth-order valence-electron chi connectivity index (χ4n) is 10.4. The summed E-state index contributed by atoms with van der Waals surface area (Å²) in [7, 11) is 1.24. The fraction of sp³-hybridized carbons (Fsp3) is 0.871. The molecule has 0 spiro atoms. The molecule has 0 radical (unpaired) electrons. The number of rotatable bonds is 64. The van der Waals surface area contributed by atoms with Crippen LogP contribution in [-0.2, 0) is 18.4 Å². The number of phosphoric acid groups is 1. The second-order valence-corrected chi connectivity index (χ2v) is 26.3. The van der Waals surface area contributed by atoms with Crippen molar-refractivity contribution in [1.82, 2.24) is 5.32 Å². The van der Waals surface area contributed by atoms with Crippen LogP contribution >= 0.6 is 7.82 Å². The average molecular weight is 1130 g/mol. The number of aliphatic hydroxyl groups is 1. The van der Waals surface area contributed by atoms with Crippen LogP contribution in [-0.4, -0.2) is 68.5 Å². The van der Waals surface area contributed by atoms with Gasteiger partial charge in [-0.3, -0.25) is 9.36 Å². The van der Waals surface area contributed by atoms with E-state index < -0.39 is 26.6 Å². The Hall–Kier alpha value is -1.54. The van der Waals surface area contributed by atoms with Gasteiger partial charge in [-0.05, 0) is 70.6 Å². The highest BCUT2D eigenvalue weighted by Gasteiger charge is 2.23. The minimum atomic E-state index is -4.62. The molecule has 0 aliphatic carbocycles. The van der Waals surface area contributed by atoms with E-state index in [1.54, 1.807) is 6.08 Å². The summed E-state index contributed by atoms with van der Waals surface area (Å²) in [6, 6.07) is -0.912. The van der Waals surface area contributed by atoms with Gasteiger partial charge in [0, 0.05) is 6.42 Å². The first-order valence-corrected chi connectivity index (χ1v) is 36.0. The van der Waals surface area contributed by atoms with Gasteiger partial charge in [-0.15, -0.1) is 0 Å². The van der Waals surface area contributed by atoms with E-state index in [2.05, 4.69) is 55.6 Å². The average Bonchev–Trinajstić information content (AvgIpc) is 3.42. The third-order valence-corrected chi connectivity index (χ3v) is 16.7. The zero-order valence-corrected chi connectivity index (χ0v) is 54.2. The Kier molecular flexibility index (Phi) is 59.8. The van der Waals surface area contributed by atoms with Crippen molar-refractivity contribution in [3.8, 4) is 0 Å². The third-order valence-electron chi connectivity index (χ3n) is 15.7. The van der Waals surface area contributed by atoms with Gasteiger partial charge in [-0.2, -0.15) is 0 Å². The number of phosphoric ester groups is 1. The molecule has 0 saturated heterocycles. The predicted octanol–water partition coefficient (Wildman–Crippen LogP) is 21.2. The number of hydrogen-bond donors (Lipinski definition) is 2. The van der Waals surface area contributed by atoms with Crippen LogP contribution in [0.5, 0.6) is 0 Å². The lowest BCUT2D eigenvalue weighted by atomic mass is 10.0. The first-order chi connectivity index (χ1) is 38.5. The molecule has 2 N–H and O–H groups in total. The normalized spacial score (nSPS) is 14.0. The predicted molar refractivity (Wildman–Crippen MR) is 344 cm³/mol. The number of carbonyl (C=O) groups is 1. The number of unbranched alkanes of at least 4 members (excludes halogenated alkanes) is 45. The number of nitrogens with one attached hydrogen (secondary N) is 1. The van der Waals surface area contributed by atoms with E-state index in [0.29, 0.717) is 17.4 Å². The molecule has 1 amide bonds. The summed E-state index contributed by atoms with van der Waals surface area (Å²) in [5, 5.41) is 13.9. The minimum absolute atomic E-state index is 0.00876. The number of allylic oxidation sites excluding steroid dienone is 7. The molecule has 466 valence electrons. The maximum absolute atomic E-state index is 13.0. The molecule has 0 heterocycles. The van der Waals surface area contributed by atoms with Gasteiger partial charge in [0.05, 0.1) is 39.9 Å². The van der Waals surface area contributed by atoms with Crippen molar-refractivity contribution < 1.29 is 32.9 Å². The molecule has 0 saturated carbocycles. The molecule has 0 fully saturated rings. The van der Waals surface area contributed by atoms with Crippen LogP contribution in [0.4, 0.5) is 0 Å². The van der Waals surface area contributed by atoms with Gasteiger partial charge in [-0.25, -0.2) is 0 Å². The molecule has 0 aromatic rings. The smallest absolute Gasteiger partial charge is 0.268 e. The second kappa shape index (κ2) is 61.0. The maximum atomic E-state index is 13.0. The molecule has 8 nitrogen and oxygen atoms in total. The molecule has 9 heteroatoms. The fourth-order valence-corrected chi connectivity index (χ4v) is 11.1.